The summed E-state index contributed by atoms with van der Waals surface area (Å²) in [7, 11) is 0. The Morgan fingerprint density at radius 3 is 3.00 bits per heavy atom. The Hall–Kier alpha value is -1.33. The third-order valence-electron chi connectivity index (χ3n) is 3.09. The molecule has 100 valence electrons. The topological polar surface area (TPSA) is 71.7 Å². The molecule has 1 fully saturated rings. The third kappa shape index (κ3) is 3.85. The van der Waals surface area contributed by atoms with Gasteiger partial charge in [0.05, 0.1) is 12.6 Å². The average molecular weight is 253 g/mol. The van der Waals surface area contributed by atoms with E-state index in [2.05, 4.69) is 5.32 Å². The Balaban J connectivity index is 1.63. The number of ether oxygens (including phenoxy) is 1. The number of hydrogen-bond acceptors (Lipinski definition) is 4. The maximum Gasteiger partial charge on any atom is 0.371 e. The van der Waals surface area contributed by atoms with Crippen LogP contribution in [0.2, 0.25) is 0 Å². The van der Waals surface area contributed by atoms with Gasteiger partial charge in [0.1, 0.15) is 5.76 Å². The van der Waals surface area contributed by atoms with Crippen molar-refractivity contribution in [3.05, 3.63) is 23.7 Å². The quantitative estimate of drug-likeness (QED) is 0.759. The molecule has 0 aromatic carbocycles. The van der Waals surface area contributed by atoms with Gasteiger partial charge in [0.25, 0.3) is 0 Å². The maximum absolute atomic E-state index is 10.6. The molecule has 2 rings (SSSR count). The normalized spacial score (nSPS) is 19.9. The Labute approximate surface area is 106 Å². The van der Waals surface area contributed by atoms with E-state index in [0.717, 1.165) is 26.0 Å². The molecular formula is C13H19NO4. The smallest absolute Gasteiger partial charge is 0.371 e. The van der Waals surface area contributed by atoms with Crippen molar-refractivity contribution in [1.29, 1.82) is 0 Å². The Bertz CT molecular complexity index is 382. The van der Waals surface area contributed by atoms with Crippen LogP contribution in [0.4, 0.5) is 0 Å². The summed E-state index contributed by atoms with van der Waals surface area (Å²) >= 11 is 0. The predicted molar refractivity (Wildman–Crippen MR) is 65.6 cm³/mol. The number of hydrogen-bond donors (Lipinski definition) is 2. The van der Waals surface area contributed by atoms with Crippen LogP contribution in [0.5, 0.6) is 0 Å². The summed E-state index contributed by atoms with van der Waals surface area (Å²) < 4.78 is 10.8. The first-order chi connectivity index (χ1) is 8.75. The molecule has 1 atom stereocenters. The second kappa shape index (κ2) is 6.56. The minimum atomic E-state index is -1.03. The van der Waals surface area contributed by atoms with Gasteiger partial charge in [-0.05, 0) is 44.4 Å². The summed E-state index contributed by atoms with van der Waals surface area (Å²) in [6, 6.07) is 3.16. The van der Waals surface area contributed by atoms with Crippen molar-refractivity contribution in [2.45, 2.75) is 38.3 Å². The van der Waals surface area contributed by atoms with E-state index in [1.165, 1.54) is 18.9 Å². The van der Waals surface area contributed by atoms with Gasteiger partial charge in [-0.15, -0.1) is 0 Å². The molecule has 1 aliphatic heterocycles. The van der Waals surface area contributed by atoms with Gasteiger partial charge in [-0.25, -0.2) is 4.79 Å². The van der Waals surface area contributed by atoms with Crippen molar-refractivity contribution >= 4 is 5.97 Å². The van der Waals surface area contributed by atoms with E-state index in [0.29, 0.717) is 18.4 Å². The molecule has 0 amide bonds. The highest BCUT2D eigenvalue weighted by Crippen LogP contribution is 2.15. The van der Waals surface area contributed by atoms with Crippen LogP contribution in [0.3, 0.4) is 0 Å². The zero-order chi connectivity index (χ0) is 12.8. The van der Waals surface area contributed by atoms with Gasteiger partial charge in [-0.3, -0.25) is 0 Å². The van der Waals surface area contributed by atoms with Crippen LogP contribution in [0, 0.1) is 0 Å². The summed E-state index contributed by atoms with van der Waals surface area (Å²) in [5.74, 6) is -0.392. The molecule has 2 heterocycles. The van der Waals surface area contributed by atoms with E-state index >= 15 is 0 Å². The molecule has 0 aliphatic carbocycles. The molecule has 1 saturated heterocycles. The lowest BCUT2D eigenvalue weighted by Gasteiger charge is -2.22. The van der Waals surface area contributed by atoms with Gasteiger partial charge in [0.15, 0.2) is 0 Å². The molecule has 0 bridgehead atoms. The first-order valence-electron chi connectivity index (χ1n) is 6.40. The summed E-state index contributed by atoms with van der Waals surface area (Å²) in [5.41, 5.74) is 0. The molecule has 0 saturated carbocycles. The second-order valence-corrected chi connectivity index (χ2v) is 4.53. The highest BCUT2D eigenvalue weighted by atomic mass is 16.5. The van der Waals surface area contributed by atoms with E-state index in [1.807, 2.05) is 0 Å². The van der Waals surface area contributed by atoms with Crippen LogP contribution in [0.25, 0.3) is 0 Å². The van der Waals surface area contributed by atoms with Crippen LogP contribution in [-0.2, 0) is 11.3 Å². The fourth-order valence-electron chi connectivity index (χ4n) is 2.10. The molecule has 1 aromatic heterocycles. The Morgan fingerprint density at radius 2 is 2.33 bits per heavy atom. The van der Waals surface area contributed by atoms with Crippen molar-refractivity contribution in [3.8, 4) is 0 Å². The predicted octanol–water partition coefficient (Wildman–Crippen LogP) is 2.03. The minimum absolute atomic E-state index is 0.0117. The van der Waals surface area contributed by atoms with Gasteiger partial charge < -0.3 is 19.6 Å². The number of carboxylic acid groups (broad SMARTS) is 1. The lowest BCUT2D eigenvalue weighted by Crippen LogP contribution is -2.25. The number of rotatable bonds is 6. The number of aromatic carboxylic acids is 1. The Morgan fingerprint density at radius 1 is 1.44 bits per heavy atom. The Kier molecular flexibility index (Phi) is 4.78. The maximum atomic E-state index is 10.6. The molecule has 1 unspecified atom stereocenters. The van der Waals surface area contributed by atoms with Gasteiger partial charge in [0.2, 0.25) is 5.76 Å². The van der Waals surface area contributed by atoms with E-state index in [9.17, 15) is 4.79 Å². The molecule has 5 heteroatoms. The first-order valence-corrected chi connectivity index (χ1v) is 6.40. The lowest BCUT2D eigenvalue weighted by molar-refractivity contribution is 0.0115. The fourth-order valence-corrected chi connectivity index (χ4v) is 2.10. The third-order valence-corrected chi connectivity index (χ3v) is 3.09. The van der Waals surface area contributed by atoms with Crippen LogP contribution < -0.4 is 5.32 Å². The molecule has 1 aliphatic rings. The zero-order valence-corrected chi connectivity index (χ0v) is 10.4. The van der Waals surface area contributed by atoms with Gasteiger partial charge in [0, 0.05) is 6.61 Å². The minimum Gasteiger partial charge on any atom is -0.475 e. The number of nitrogens with one attached hydrogen (secondary N) is 1. The van der Waals surface area contributed by atoms with Gasteiger partial charge >= 0.3 is 5.97 Å². The summed E-state index contributed by atoms with van der Waals surface area (Å²) in [6.45, 7) is 2.29. The highest BCUT2D eigenvalue weighted by molar-refractivity contribution is 5.84. The fraction of sp³-hybridized carbons (Fsp3) is 0.615. The number of furan rings is 1. The average Bonchev–Trinajstić information content (AvgIpc) is 2.85. The van der Waals surface area contributed by atoms with E-state index in [-0.39, 0.29) is 5.76 Å². The molecule has 2 N–H and O–H groups in total. The SMILES string of the molecule is O=C(O)c1ccc(CNCCC2CCCCO2)o1. The summed E-state index contributed by atoms with van der Waals surface area (Å²) in [4.78, 5) is 10.6. The number of carbonyl (C=O) groups is 1. The monoisotopic (exact) mass is 253 g/mol. The van der Waals surface area contributed by atoms with Crippen LogP contribution in [0.1, 0.15) is 42.0 Å². The van der Waals surface area contributed by atoms with E-state index in [1.54, 1.807) is 6.07 Å². The second-order valence-electron chi connectivity index (χ2n) is 4.53. The zero-order valence-electron chi connectivity index (χ0n) is 10.4. The van der Waals surface area contributed by atoms with E-state index < -0.39 is 5.97 Å². The summed E-state index contributed by atoms with van der Waals surface area (Å²) in [6.07, 6.45) is 4.94. The van der Waals surface area contributed by atoms with Crippen molar-refractivity contribution in [1.82, 2.24) is 5.32 Å². The lowest BCUT2D eigenvalue weighted by atomic mass is 10.1. The van der Waals surface area contributed by atoms with Crippen molar-refractivity contribution < 1.29 is 19.1 Å². The van der Waals surface area contributed by atoms with Crippen LogP contribution in [-0.4, -0.2) is 30.3 Å². The molecule has 18 heavy (non-hydrogen) atoms. The van der Waals surface area contributed by atoms with Crippen LogP contribution in [0.15, 0.2) is 16.5 Å². The van der Waals surface area contributed by atoms with Gasteiger partial charge in [-0.1, -0.05) is 0 Å². The number of carboxylic acids is 1. The van der Waals surface area contributed by atoms with Crippen molar-refractivity contribution in [2.24, 2.45) is 0 Å². The molecular weight excluding hydrogens is 234 g/mol. The van der Waals surface area contributed by atoms with Crippen molar-refractivity contribution in [3.63, 3.8) is 0 Å². The molecule has 1 aromatic rings. The standard InChI is InChI=1S/C13H19NO4/c15-13(16)12-5-4-11(18-12)9-14-7-6-10-3-1-2-8-17-10/h4-5,10,14H,1-3,6-9H2,(H,15,16). The van der Waals surface area contributed by atoms with Crippen molar-refractivity contribution in [2.75, 3.05) is 13.2 Å². The highest BCUT2D eigenvalue weighted by Gasteiger charge is 2.13. The largest absolute Gasteiger partial charge is 0.475 e. The van der Waals surface area contributed by atoms with E-state index in [4.69, 9.17) is 14.3 Å². The molecule has 0 radical (unpaired) electrons. The first kappa shape index (κ1) is 13.1. The van der Waals surface area contributed by atoms with Crippen LogP contribution >= 0.6 is 0 Å². The molecule has 0 spiro atoms. The van der Waals surface area contributed by atoms with Gasteiger partial charge in [-0.2, -0.15) is 0 Å². The molecule has 5 nitrogen and oxygen atoms in total. The summed E-state index contributed by atoms with van der Waals surface area (Å²) in [5, 5.41) is 11.9.